The van der Waals surface area contributed by atoms with Crippen molar-refractivity contribution in [3.8, 4) is 0 Å². The molecule has 2 N–H and O–H groups in total. The Morgan fingerprint density at radius 1 is 1.36 bits per heavy atom. The Hall–Kier alpha value is -0.860. The lowest BCUT2D eigenvalue weighted by atomic mass is 9.81. The fourth-order valence-electron chi connectivity index (χ4n) is 1.52. The van der Waals surface area contributed by atoms with Crippen molar-refractivity contribution in [3.63, 3.8) is 0 Å². The smallest absolute Gasteiger partial charge is 0.0687 e. The third-order valence-electron chi connectivity index (χ3n) is 2.64. The molecule has 0 aliphatic carbocycles. The van der Waals surface area contributed by atoms with E-state index in [0.717, 1.165) is 6.42 Å². The average Bonchev–Trinajstić information content (AvgIpc) is 2.15. The Morgan fingerprint density at radius 3 is 2.64 bits per heavy atom. The molecule has 1 aromatic carbocycles. The van der Waals surface area contributed by atoms with E-state index in [2.05, 4.69) is 49.9 Å². The van der Waals surface area contributed by atoms with Crippen molar-refractivity contribution in [2.75, 3.05) is 6.61 Å². The first kappa shape index (κ1) is 11.2. The molecule has 0 aliphatic rings. The lowest BCUT2D eigenvalue weighted by molar-refractivity contribution is 0.121. The Balaban J connectivity index is 2.80. The number of benzene rings is 1. The van der Waals surface area contributed by atoms with Gasteiger partial charge in [-0.2, -0.15) is 0 Å². The molecule has 0 saturated carbocycles. The largest absolute Gasteiger partial charge is 0.305 e. The van der Waals surface area contributed by atoms with Crippen LogP contribution in [0.3, 0.4) is 0 Å². The van der Waals surface area contributed by atoms with Gasteiger partial charge in [0.1, 0.15) is 0 Å². The highest BCUT2D eigenvalue weighted by Crippen LogP contribution is 2.27. The second kappa shape index (κ2) is 4.58. The maximum atomic E-state index is 5.04. The van der Waals surface area contributed by atoms with Gasteiger partial charge in [0.05, 0.1) is 6.61 Å². The molecular weight excluding hydrogens is 174 g/mol. The highest BCUT2D eigenvalue weighted by atomic mass is 16.6. The number of hydrogen-bond donors (Lipinski definition) is 1. The molecule has 0 radical (unpaired) electrons. The van der Waals surface area contributed by atoms with Crippen molar-refractivity contribution in [1.29, 1.82) is 0 Å². The topological polar surface area (TPSA) is 35.2 Å². The van der Waals surface area contributed by atoms with Crippen LogP contribution in [0.5, 0.6) is 0 Å². The Bertz CT molecular complexity index is 294. The van der Waals surface area contributed by atoms with Gasteiger partial charge in [-0.1, -0.05) is 43.7 Å². The molecule has 0 spiro atoms. The van der Waals surface area contributed by atoms with Crippen LogP contribution in [-0.4, -0.2) is 6.61 Å². The van der Waals surface area contributed by atoms with E-state index < -0.39 is 0 Å². The number of hydrogen-bond acceptors (Lipinski definition) is 2. The van der Waals surface area contributed by atoms with Crippen molar-refractivity contribution in [3.05, 3.63) is 35.4 Å². The molecule has 2 nitrogen and oxygen atoms in total. The summed E-state index contributed by atoms with van der Waals surface area (Å²) in [4.78, 5) is 4.63. The fraction of sp³-hybridized carbons (Fsp3) is 0.500. The van der Waals surface area contributed by atoms with Crippen LogP contribution in [0, 0.1) is 6.92 Å². The van der Waals surface area contributed by atoms with Crippen molar-refractivity contribution in [2.45, 2.75) is 32.6 Å². The van der Waals surface area contributed by atoms with Crippen molar-refractivity contribution in [1.82, 2.24) is 0 Å². The molecule has 2 heteroatoms. The molecule has 0 aliphatic heterocycles. The summed E-state index contributed by atoms with van der Waals surface area (Å²) in [6.07, 6.45) is 0.937. The first-order valence-electron chi connectivity index (χ1n) is 4.95. The Kier molecular flexibility index (Phi) is 3.67. The Morgan fingerprint density at radius 2 is 2.07 bits per heavy atom. The van der Waals surface area contributed by atoms with Crippen molar-refractivity contribution in [2.24, 2.45) is 5.90 Å². The van der Waals surface area contributed by atoms with Gasteiger partial charge in [0, 0.05) is 0 Å². The average molecular weight is 193 g/mol. The number of aryl methyl sites for hydroxylation is 1. The zero-order valence-corrected chi connectivity index (χ0v) is 9.21. The third-order valence-corrected chi connectivity index (χ3v) is 2.64. The van der Waals surface area contributed by atoms with E-state index in [0.29, 0.717) is 6.61 Å². The molecule has 78 valence electrons. The molecule has 0 unspecified atom stereocenters. The zero-order chi connectivity index (χ0) is 10.6. The maximum Gasteiger partial charge on any atom is 0.0687 e. The molecule has 0 heterocycles. The van der Waals surface area contributed by atoms with Gasteiger partial charge in [0.2, 0.25) is 0 Å². The highest BCUT2D eigenvalue weighted by molar-refractivity contribution is 5.28. The fourth-order valence-corrected chi connectivity index (χ4v) is 1.52. The van der Waals surface area contributed by atoms with Crippen LogP contribution in [-0.2, 0) is 10.3 Å². The quantitative estimate of drug-likeness (QED) is 0.746. The standard InChI is InChI=1S/C12H19NO/c1-10-5-4-6-11(9-10)12(2,3)7-8-14-13/h4-6,9H,7-8,13H2,1-3H3. The van der Waals surface area contributed by atoms with E-state index in [-0.39, 0.29) is 5.41 Å². The van der Waals surface area contributed by atoms with Crippen molar-refractivity contribution >= 4 is 0 Å². The molecule has 1 aromatic rings. The summed E-state index contributed by atoms with van der Waals surface area (Å²) in [5.41, 5.74) is 2.77. The second-order valence-corrected chi connectivity index (χ2v) is 4.37. The van der Waals surface area contributed by atoms with Crippen LogP contribution >= 0.6 is 0 Å². The zero-order valence-electron chi connectivity index (χ0n) is 9.21. The van der Waals surface area contributed by atoms with Crippen LogP contribution in [0.2, 0.25) is 0 Å². The van der Waals surface area contributed by atoms with Crippen molar-refractivity contribution < 1.29 is 4.84 Å². The third kappa shape index (κ3) is 2.82. The van der Waals surface area contributed by atoms with Gasteiger partial charge in [0.25, 0.3) is 0 Å². The first-order chi connectivity index (χ1) is 6.56. The van der Waals surface area contributed by atoms with E-state index in [9.17, 15) is 0 Å². The predicted octanol–water partition coefficient (Wildman–Crippen LogP) is 2.55. The molecule has 0 aromatic heterocycles. The van der Waals surface area contributed by atoms with Crippen LogP contribution in [0.4, 0.5) is 0 Å². The summed E-state index contributed by atoms with van der Waals surface area (Å²) in [5, 5.41) is 0. The van der Waals surface area contributed by atoms with Gasteiger partial charge < -0.3 is 4.84 Å². The maximum absolute atomic E-state index is 5.04. The second-order valence-electron chi connectivity index (χ2n) is 4.37. The van der Waals surface area contributed by atoms with Crippen LogP contribution in [0.15, 0.2) is 24.3 Å². The van der Waals surface area contributed by atoms with Gasteiger partial charge in [-0.05, 0) is 24.3 Å². The summed E-state index contributed by atoms with van der Waals surface area (Å²) in [6, 6.07) is 8.58. The highest BCUT2D eigenvalue weighted by Gasteiger charge is 2.19. The summed E-state index contributed by atoms with van der Waals surface area (Å²) in [7, 11) is 0. The molecule has 0 bridgehead atoms. The summed E-state index contributed by atoms with van der Waals surface area (Å²) >= 11 is 0. The number of nitrogens with two attached hydrogens (primary N) is 1. The van der Waals surface area contributed by atoms with E-state index >= 15 is 0 Å². The predicted molar refractivity (Wildman–Crippen MR) is 59.0 cm³/mol. The summed E-state index contributed by atoms with van der Waals surface area (Å²) in [6.45, 7) is 7.13. The summed E-state index contributed by atoms with van der Waals surface area (Å²) < 4.78 is 0. The molecule has 0 fully saturated rings. The van der Waals surface area contributed by atoms with Gasteiger partial charge >= 0.3 is 0 Å². The monoisotopic (exact) mass is 193 g/mol. The minimum Gasteiger partial charge on any atom is -0.305 e. The Labute approximate surface area is 86.0 Å². The normalized spacial score (nSPS) is 11.7. The molecule has 14 heavy (non-hydrogen) atoms. The van der Waals surface area contributed by atoms with E-state index in [4.69, 9.17) is 5.90 Å². The van der Waals surface area contributed by atoms with Gasteiger partial charge in [0.15, 0.2) is 0 Å². The SMILES string of the molecule is Cc1cccc(C(C)(C)CCON)c1. The lowest BCUT2D eigenvalue weighted by Gasteiger charge is -2.25. The molecular formula is C12H19NO. The van der Waals surface area contributed by atoms with Gasteiger partial charge in [-0.3, -0.25) is 0 Å². The molecule has 0 saturated heterocycles. The minimum absolute atomic E-state index is 0.130. The van der Waals surface area contributed by atoms with E-state index in [1.807, 2.05) is 0 Å². The molecule has 1 rings (SSSR count). The summed E-state index contributed by atoms with van der Waals surface area (Å²) in [5.74, 6) is 5.04. The van der Waals surface area contributed by atoms with Gasteiger partial charge in [-0.25, -0.2) is 5.90 Å². The molecule has 0 amide bonds. The first-order valence-corrected chi connectivity index (χ1v) is 4.95. The van der Waals surface area contributed by atoms with E-state index in [1.54, 1.807) is 0 Å². The number of rotatable bonds is 4. The van der Waals surface area contributed by atoms with Gasteiger partial charge in [-0.15, -0.1) is 0 Å². The van der Waals surface area contributed by atoms with Crippen LogP contribution in [0.1, 0.15) is 31.4 Å². The van der Waals surface area contributed by atoms with Crippen LogP contribution < -0.4 is 5.90 Å². The van der Waals surface area contributed by atoms with E-state index in [1.165, 1.54) is 11.1 Å². The minimum atomic E-state index is 0.130. The lowest BCUT2D eigenvalue weighted by Crippen LogP contribution is -2.20. The van der Waals surface area contributed by atoms with Crippen LogP contribution in [0.25, 0.3) is 0 Å². The molecule has 0 atom stereocenters.